The highest BCUT2D eigenvalue weighted by Crippen LogP contribution is 2.30. The van der Waals surface area contributed by atoms with E-state index in [0.29, 0.717) is 8.47 Å². The molecule has 12 heavy (non-hydrogen) atoms. The van der Waals surface area contributed by atoms with E-state index in [1.165, 1.54) is 6.07 Å². The molecule has 0 radical (unpaired) electrons. The zero-order chi connectivity index (χ0) is 9.30. The number of nitro groups is 1. The van der Waals surface area contributed by atoms with Gasteiger partial charge in [-0.05, 0) is 44.6 Å². The van der Waals surface area contributed by atoms with Crippen molar-refractivity contribution in [3.05, 3.63) is 30.3 Å². The fourth-order valence-electron chi connectivity index (χ4n) is 0.666. The van der Waals surface area contributed by atoms with Crippen molar-refractivity contribution in [2.75, 3.05) is 0 Å². The topological polar surface area (TPSA) is 43.1 Å². The Hall–Kier alpha value is 0.180. The van der Waals surface area contributed by atoms with Crippen LogP contribution in [0.5, 0.6) is 0 Å². The van der Waals surface area contributed by atoms with Gasteiger partial charge in [-0.3, -0.25) is 10.1 Å². The lowest BCUT2D eigenvalue weighted by atomic mass is 10.3. The van der Waals surface area contributed by atoms with Crippen LogP contribution in [0.15, 0.2) is 21.5 Å². The molecule has 0 spiro atoms. The molecule has 0 atom stereocenters. The Morgan fingerprint density at radius 1 is 1.58 bits per heavy atom. The lowest BCUT2D eigenvalue weighted by molar-refractivity contribution is -0.386. The second kappa shape index (κ2) is 3.93. The van der Waals surface area contributed by atoms with Crippen molar-refractivity contribution in [3.63, 3.8) is 0 Å². The Bertz CT molecular complexity index is 345. The first-order valence-corrected chi connectivity index (χ1v) is 5.16. The van der Waals surface area contributed by atoms with E-state index in [9.17, 15) is 10.1 Å². The van der Waals surface area contributed by atoms with Gasteiger partial charge in [-0.2, -0.15) is 0 Å². The van der Waals surface area contributed by atoms with Crippen molar-refractivity contribution in [1.82, 2.24) is 0 Å². The fourth-order valence-corrected chi connectivity index (χ4v) is 2.29. The zero-order valence-corrected chi connectivity index (χ0v) is 10.3. The fraction of sp³-hybridized carbons (Fsp3) is 0. The molecule has 0 aliphatic carbocycles. The molecule has 1 rings (SSSR count). The van der Waals surface area contributed by atoms with E-state index in [1.807, 2.05) is 22.6 Å². The number of thiol groups is 1. The molecule has 0 heterocycles. The molecule has 0 amide bonds. The van der Waals surface area contributed by atoms with Crippen molar-refractivity contribution in [1.29, 1.82) is 0 Å². The maximum Gasteiger partial charge on any atom is 0.283 e. The molecule has 0 aromatic heterocycles. The summed E-state index contributed by atoms with van der Waals surface area (Å²) in [6.07, 6.45) is 0. The van der Waals surface area contributed by atoms with Crippen molar-refractivity contribution >= 4 is 56.8 Å². The highest BCUT2D eigenvalue weighted by Gasteiger charge is 2.13. The molecule has 0 saturated heterocycles. The summed E-state index contributed by atoms with van der Waals surface area (Å²) >= 11 is 9.19. The van der Waals surface area contributed by atoms with Crippen LogP contribution in [-0.2, 0) is 0 Å². The quantitative estimate of drug-likeness (QED) is 0.362. The minimum atomic E-state index is -0.423. The third-order valence-corrected chi connectivity index (χ3v) is 3.41. The number of rotatable bonds is 1. The Morgan fingerprint density at radius 2 is 2.17 bits per heavy atom. The van der Waals surface area contributed by atoms with Crippen LogP contribution in [0.2, 0.25) is 0 Å². The predicted molar refractivity (Wildman–Crippen MR) is 60.8 cm³/mol. The predicted octanol–water partition coefficient (Wildman–Crippen LogP) is 3.25. The number of hydrogen-bond donors (Lipinski definition) is 1. The standard InChI is InChI=1S/C6H3BrINO2S/c7-3-1-4(8)5(9(10)11)2-6(3)12/h1-2,12H. The Balaban J connectivity index is 3.33. The monoisotopic (exact) mass is 359 g/mol. The lowest BCUT2D eigenvalue weighted by Gasteiger charge is -1.98. The molecule has 0 unspecified atom stereocenters. The van der Waals surface area contributed by atoms with E-state index < -0.39 is 4.92 Å². The van der Waals surface area contributed by atoms with Gasteiger partial charge in [0.15, 0.2) is 0 Å². The van der Waals surface area contributed by atoms with Gasteiger partial charge in [0.05, 0.1) is 8.49 Å². The van der Waals surface area contributed by atoms with Gasteiger partial charge >= 0.3 is 0 Å². The summed E-state index contributed by atoms with van der Waals surface area (Å²) in [6.45, 7) is 0. The van der Waals surface area contributed by atoms with E-state index in [1.54, 1.807) is 6.07 Å². The minimum Gasteiger partial charge on any atom is -0.258 e. The van der Waals surface area contributed by atoms with E-state index in [2.05, 4.69) is 28.6 Å². The SMILES string of the molecule is O=[N+]([O-])c1cc(S)c(Br)cc1I. The van der Waals surface area contributed by atoms with Crippen molar-refractivity contribution in [3.8, 4) is 0 Å². The summed E-state index contributed by atoms with van der Waals surface area (Å²) in [4.78, 5) is 10.6. The maximum absolute atomic E-state index is 10.4. The summed E-state index contributed by atoms with van der Waals surface area (Å²) in [5, 5.41) is 10.4. The van der Waals surface area contributed by atoms with Gasteiger partial charge in [0, 0.05) is 15.4 Å². The van der Waals surface area contributed by atoms with Crippen LogP contribution in [0.3, 0.4) is 0 Å². The Kier molecular flexibility index (Phi) is 3.36. The third kappa shape index (κ3) is 2.11. The van der Waals surface area contributed by atoms with E-state index in [0.717, 1.165) is 4.47 Å². The second-order valence-electron chi connectivity index (χ2n) is 2.01. The average Bonchev–Trinajstić information content (AvgIpc) is 1.96. The van der Waals surface area contributed by atoms with Crippen molar-refractivity contribution < 1.29 is 4.92 Å². The van der Waals surface area contributed by atoms with Crippen molar-refractivity contribution in [2.24, 2.45) is 0 Å². The summed E-state index contributed by atoms with van der Waals surface area (Å²) in [5.41, 5.74) is 0.0869. The molecule has 0 aliphatic rings. The second-order valence-corrected chi connectivity index (χ2v) is 4.51. The first-order chi connectivity index (χ1) is 5.52. The van der Waals surface area contributed by atoms with Gasteiger partial charge in [0.25, 0.3) is 5.69 Å². The van der Waals surface area contributed by atoms with Crippen LogP contribution in [0.25, 0.3) is 0 Å². The van der Waals surface area contributed by atoms with Gasteiger partial charge in [0.1, 0.15) is 0 Å². The van der Waals surface area contributed by atoms with Gasteiger partial charge < -0.3 is 0 Å². The van der Waals surface area contributed by atoms with E-state index in [4.69, 9.17) is 0 Å². The van der Waals surface area contributed by atoms with E-state index in [-0.39, 0.29) is 5.69 Å². The summed E-state index contributed by atoms with van der Waals surface area (Å²) < 4.78 is 1.36. The van der Waals surface area contributed by atoms with Crippen LogP contribution < -0.4 is 0 Å². The number of halogens is 2. The molecule has 0 bridgehead atoms. The van der Waals surface area contributed by atoms with Crippen LogP contribution >= 0.6 is 51.1 Å². The van der Waals surface area contributed by atoms with Crippen molar-refractivity contribution in [2.45, 2.75) is 4.90 Å². The smallest absolute Gasteiger partial charge is 0.258 e. The van der Waals surface area contributed by atoms with Crippen LogP contribution in [-0.4, -0.2) is 4.92 Å². The normalized spacial score (nSPS) is 9.92. The molecular formula is C6H3BrINO2S. The average molecular weight is 360 g/mol. The van der Waals surface area contributed by atoms with Crippen LogP contribution in [0.4, 0.5) is 5.69 Å². The molecule has 1 aromatic rings. The van der Waals surface area contributed by atoms with Gasteiger partial charge in [-0.25, -0.2) is 0 Å². The van der Waals surface area contributed by atoms with Gasteiger partial charge in [-0.15, -0.1) is 12.6 Å². The van der Waals surface area contributed by atoms with Gasteiger partial charge in [0.2, 0.25) is 0 Å². The molecule has 6 heteroatoms. The van der Waals surface area contributed by atoms with Crippen LogP contribution in [0, 0.1) is 13.7 Å². The highest BCUT2D eigenvalue weighted by molar-refractivity contribution is 14.1. The molecular weight excluding hydrogens is 357 g/mol. The molecule has 0 N–H and O–H groups in total. The molecule has 64 valence electrons. The van der Waals surface area contributed by atoms with E-state index >= 15 is 0 Å². The summed E-state index contributed by atoms with van der Waals surface area (Å²) in [6, 6.07) is 3.09. The number of benzene rings is 1. The third-order valence-electron chi connectivity index (χ3n) is 1.21. The maximum atomic E-state index is 10.4. The van der Waals surface area contributed by atoms with Gasteiger partial charge in [-0.1, -0.05) is 0 Å². The largest absolute Gasteiger partial charge is 0.283 e. The lowest BCUT2D eigenvalue weighted by Crippen LogP contribution is -1.91. The number of hydrogen-bond acceptors (Lipinski definition) is 3. The minimum absolute atomic E-state index is 0.0869. The first-order valence-electron chi connectivity index (χ1n) is 2.85. The summed E-state index contributed by atoms with van der Waals surface area (Å²) in [5.74, 6) is 0. The number of nitro benzene ring substituents is 1. The van der Waals surface area contributed by atoms with Crippen LogP contribution in [0.1, 0.15) is 0 Å². The molecule has 3 nitrogen and oxygen atoms in total. The summed E-state index contributed by atoms with van der Waals surface area (Å²) in [7, 11) is 0. The Morgan fingerprint density at radius 3 is 2.67 bits per heavy atom. The Labute approximate surface area is 96.4 Å². The molecule has 0 fully saturated rings. The first kappa shape index (κ1) is 10.3. The zero-order valence-electron chi connectivity index (χ0n) is 5.62. The number of nitrogens with zero attached hydrogens (tertiary/aromatic N) is 1. The molecule has 1 aromatic carbocycles. The molecule has 0 saturated carbocycles. The molecule has 0 aliphatic heterocycles. The highest BCUT2D eigenvalue weighted by atomic mass is 127.